The predicted octanol–water partition coefficient (Wildman–Crippen LogP) is 2.19. The summed E-state index contributed by atoms with van der Waals surface area (Å²) in [6.07, 6.45) is -4.89. The third-order valence-electron chi connectivity index (χ3n) is 2.97. The summed E-state index contributed by atoms with van der Waals surface area (Å²) in [4.78, 5) is 24.2. The lowest BCUT2D eigenvalue weighted by molar-refractivity contribution is -0.274. The number of hydrogen-bond acceptors (Lipinski definition) is 3. The number of anilines is 1. The first-order chi connectivity index (χ1) is 9.67. The molecule has 1 saturated heterocycles. The first-order valence-corrected chi connectivity index (χ1v) is 6.61. The van der Waals surface area contributed by atoms with Gasteiger partial charge in [0.15, 0.2) is 0 Å². The van der Waals surface area contributed by atoms with E-state index in [1.807, 2.05) is 0 Å². The molecule has 1 aliphatic rings. The van der Waals surface area contributed by atoms with Crippen molar-refractivity contribution in [3.05, 3.63) is 22.7 Å². The number of carbonyl (C=O) groups excluding carboxylic acids is 2. The molecule has 0 aliphatic carbocycles. The second-order valence-electron chi connectivity index (χ2n) is 4.47. The Morgan fingerprint density at radius 3 is 2.62 bits per heavy atom. The van der Waals surface area contributed by atoms with Crippen LogP contribution >= 0.6 is 15.9 Å². The lowest BCUT2D eigenvalue weighted by Crippen LogP contribution is -2.28. The third-order valence-corrected chi connectivity index (χ3v) is 3.64. The van der Waals surface area contributed by atoms with Crippen LogP contribution in [0.1, 0.15) is 6.42 Å². The van der Waals surface area contributed by atoms with Gasteiger partial charge in [-0.2, -0.15) is 0 Å². The molecule has 9 heteroatoms. The highest BCUT2D eigenvalue weighted by molar-refractivity contribution is 9.10. The van der Waals surface area contributed by atoms with Crippen LogP contribution < -0.4 is 15.4 Å². The van der Waals surface area contributed by atoms with Crippen LogP contribution in [-0.4, -0.2) is 24.7 Å². The summed E-state index contributed by atoms with van der Waals surface area (Å²) in [6.45, 7) is 0.0300. The molecule has 1 aliphatic heterocycles. The molecule has 5 nitrogen and oxygen atoms in total. The molecule has 2 N–H and O–H groups in total. The van der Waals surface area contributed by atoms with Gasteiger partial charge in [0.2, 0.25) is 11.8 Å². The quantitative estimate of drug-likeness (QED) is 0.890. The average molecular weight is 367 g/mol. The van der Waals surface area contributed by atoms with Crippen LogP contribution in [0.2, 0.25) is 0 Å². The molecule has 1 heterocycles. The van der Waals surface area contributed by atoms with Gasteiger partial charge in [0, 0.05) is 23.5 Å². The van der Waals surface area contributed by atoms with Gasteiger partial charge in [0.25, 0.3) is 0 Å². The Bertz CT molecular complexity index is 592. The lowest BCUT2D eigenvalue weighted by atomic mass is 10.1. The summed E-state index contributed by atoms with van der Waals surface area (Å²) < 4.78 is 40.9. The first kappa shape index (κ1) is 15.6. The second-order valence-corrected chi connectivity index (χ2v) is 5.32. The summed E-state index contributed by atoms with van der Waals surface area (Å²) in [7, 11) is 0. The summed E-state index contributed by atoms with van der Waals surface area (Å²) in [5.74, 6) is -2.11. The molecule has 0 saturated carbocycles. The Labute approximate surface area is 126 Å². The number of carbonyl (C=O) groups is 2. The van der Waals surface area contributed by atoms with Gasteiger partial charge in [-0.05, 0) is 28.1 Å². The standard InChI is InChI=1S/C12H10BrF3N2O3/c13-8-2-1-7(21-12(14,15)16)4-9(8)18-5-6(11(17)20)3-10(18)19/h1-2,4,6H,3,5H2,(H2,17,20). The largest absolute Gasteiger partial charge is 0.573 e. The third kappa shape index (κ3) is 3.66. The number of halogens is 4. The minimum Gasteiger partial charge on any atom is -0.406 e. The fourth-order valence-electron chi connectivity index (χ4n) is 2.03. The lowest BCUT2D eigenvalue weighted by Gasteiger charge is -2.19. The molecule has 0 spiro atoms. The normalized spacial score (nSPS) is 19.0. The molecular formula is C12H10BrF3N2O3. The van der Waals surface area contributed by atoms with E-state index in [1.54, 1.807) is 0 Å². The van der Waals surface area contributed by atoms with Crippen LogP contribution in [-0.2, 0) is 9.59 Å². The topological polar surface area (TPSA) is 72.6 Å². The Morgan fingerprint density at radius 2 is 2.10 bits per heavy atom. The van der Waals surface area contributed by atoms with Crippen molar-refractivity contribution in [3.63, 3.8) is 0 Å². The van der Waals surface area contributed by atoms with Gasteiger partial charge in [0.1, 0.15) is 5.75 Å². The van der Waals surface area contributed by atoms with Gasteiger partial charge in [-0.1, -0.05) is 0 Å². The smallest absolute Gasteiger partial charge is 0.406 e. The fourth-order valence-corrected chi connectivity index (χ4v) is 2.49. The van der Waals surface area contributed by atoms with Crippen molar-refractivity contribution in [2.45, 2.75) is 12.8 Å². The molecule has 1 atom stereocenters. The van der Waals surface area contributed by atoms with E-state index >= 15 is 0 Å². The van der Waals surface area contributed by atoms with E-state index in [1.165, 1.54) is 11.0 Å². The molecule has 0 bridgehead atoms. The molecule has 2 amide bonds. The van der Waals surface area contributed by atoms with Crippen LogP contribution in [0.25, 0.3) is 0 Å². The molecule has 114 valence electrons. The monoisotopic (exact) mass is 366 g/mol. The Morgan fingerprint density at radius 1 is 1.43 bits per heavy atom. The van der Waals surface area contributed by atoms with E-state index in [4.69, 9.17) is 5.73 Å². The van der Waals surface area contributed by atoms with E-state index in [-0.39, 0.29) is 24.6 Å². The zero-order valence-electron chi connectivity index (χ0n) is 10.5. The van der Waals surface area contributed by atoms with Gasteiger partial charge in [-0.3, -0.25) is 9.59 Å². The number of ether oxygens (including phenoxy) is 1. The van der Waals surface area contributed by atoms with Gasteiger partial charge < -0.3 is 15.4 Å². The number of nitrogens with zero attached hydrogens (tertiary/aromatic N) is 1. The number of primary amides is 1. The van der Waals surface area contributed by atoms with Crippen molar-refractivity contribution in [2.24, 2.45) is 11.7 Å². The van der Waals surface area contributed by atoms with Crippen LogP contribution in [0.3, 0.4) is 0 Å². The Kier molecular flexibility index (Phi) is 4.13. The number of rotatable bonds is 3. The number of nitrogens with two attached hydrogens (primary N) is 1. The fraction of sp³-hybridized carbons (Fsp3) is 0.333. The molecule has 1 aromatic carbocycles. The predicted molar refractivity (Wildman–Crippen MR) is 70.5 cm³/mol. The molecular weight excluding hydrogens is 357 g/mol. The zero-order chi connectivity index (χ0) is 15.8. The van der Waals surface area contributed by atoms with Crippen molar-refractivity contribution in [3.8, 4) is 5.75 Å². The molecule has 1 aromatic rings. The van der Waals surface area contributed by atoms with E-state index in [0.717, 1.165) is 12.1 Å². The minimum atomic E-state index is -4.82. The van der Waals surface area contributed by atoms with Crippen molar-refractivity contribution in [2.75, 3.05) is 11.4 Å². The van der Waals surface area contributed by atoms with Gasteiger partial charge in [-0.15, -0.1) is 13.2 Å². The number of hydrogen-bond donors (Lipinski definition) is 1. The molecule has 21 heavy (non-hydrogen) atoms. The number of amides is 2. The van der Waals surface area contributed by atoms with Crippen LogP contribution in [0.15, 0.2) is 22.7 Å². The summed E-state index contributed by atoms with van der Waals surface area (Å²) in [5.41, 5.74) is 5.35. The second kappa shape index (κ2) is 5.55. The maximum atomic E-state index is 12.2. The van der Waals surface area contributed by atoms with Gasteiger partial charge in [-0.25, -0.2) is 0 Å². The highest BCUT2D eigenvalue weighted by Gasteiger charge is 2.36. The van der Waals surface area contributed by atoms with Crippen LogP contribution in [0.5, 0.6) is 5.75 Å². The molecule has 0 aromatic heterocycles. The van der Waals surface area contributed by atoms with Crippen LogP contribution in [0, 0.1) is 5.92 Å². The number of benzene rings is 1. The molecule has 1 unspecified atom stereocenters. The van der Waals surface area contributed by atoms with Crippen molar-refractivity contribution >= 4 is 33.4 Å². The minimum absolute atomic E-state index is 0.0300. The molecule has 1 fully saturated rings. The first-order valence-electron chi connectivity index (χ1n) is 5.82. The number of alkyl halides is 3. The van der Waals surface area contributed by atoms with E-state index < -0.39 is 23.9 Å². The molecule has 0 radical (unpaired) electrons. The van der Waals surface area contributed by atoms with E-state index in [0.29, 0.717) is 4.47 Å². The average Bonchev–Trinajstić information content (AvgIpc) is 2.72. The Hall–Kier alpha value is -1.77. The van der Waals surface area contributed by atoms with Crippen molar-refractivity contribution in [1.29, 1.82) is 0 Å². The highest BCUT2D eigenvalue weighted by Crippen LogP contribution is 2.35. The van der Waals surface area contributed by atoms with Gasteiger partial charge in [0.05, 0.1) is 11.6 Å². The zero-order valence-corrected chi connectivity index (χ0v) is 12.1. The Balaban J connectivity index is 2.29. The van der Waals surface area contributed by atoms with E-state index in [2.05, 4.69) is 20.7 Å². The summed E-state index contributed by atoms with van der Waals surface area (Å²) in [6, 6.07) is 3.54. The molecule has 2 rings (SSSR count). The summed E-state index contributed by atoms with van der Waals surface area (Å²) >= 11 is 3.16. The van der Waals surface area contributed by atoms with Crippen LogP contribution in [0.4, 0.5) is 18.9 Å². The maximum absolute atomic E-state index is 12.2. The highest BCUT2D eigenvalue weighted by atomic mass is 79.9. The van der Waals surface area contributed by atoms with E-state index in [9.17, 15) is 22.8 Å². The van der Waals surface area contributed by atoms with Gasteiger partial charge >= 0.3 is 6.36 Å². The maximum Gasteiger partial charge on any atom is 0.573 e. The SMILES string of the molecule is NC(=O)C1CC(=O)N(c2cc(OC(F)(F)F)ccc2Br)C1. The van der Waals surface area contributed by atoms with Crippen molar-refractivity contribution < 1.29 is 27.5 Å². The van der Waals surface area contributed by atoms with Crippen molar-refractivity contribution in [1.82, 2.24) is 0 Å². The summed E-state index contributed by atoms with van der Waals surface area (Å²) in [5, 5.41) is 0.